The smallest absolute Gasteiger partial charge is 0.412 e. The summed E-state index contributed by atoms with van der Waals surface area (Å²) in [7, 11) is 3.20. The van der Waals surface area contributed by atoms with Crippen molar-refractivity contribution in [1.82, 2.24) is 9.97 Å². The maximum atomic E-state index is 12.4. The Balaban J connectivity index is 1.19. The van der Waals surface area contributed by atoms with Crippen molar-refractivity contribution in [3.8, 4) is 22.8 Å². The normalized spacial score (nSPS) is 22.8. The molecule has 2 aliphatic heterocycles. The molecule has 182 valence electrons. The van der Waals surface area contributed by atoms with Crippen LogP contribution in [0.25, 0.3) is 11.3 Å². The summed E-state index contributed by atoms with van der Waals surface area (Å²) >= 11 is 0. The first kappa shape index (κ1) is 22.9. The van der Waals surface area contributed by atoms with Gasteiger partial charge in [0, 0.05) is 23.5 Å². The highest BCUT2D eigenvalue weighted by atomic mass is 16.6. The summed E-state index contributed by atoms with van der Waals surface area (Å²) in [5.41, 5.74) is 2.30. The van der Waals surface area contributed by atoms with Gasteiger partial charge in [-0.05, 0) is 42.5 Å². The van der Waals surface area contributed by atoms with Crippen molar-refractivity contribution in [1.29, 1.82) is 0 Å². The molecule has 35 heavy (non-hydrogen) atoms. The molecule has 0 bridgehead atoms. The summed E-state index contributed by atoms with van der Waals surface area (Å²) in [5.74, 6) is 1.89. The number of ether oxygens (including phenoxy) is 5. The average Bonchev–Trinajstić information content (AvgIpc) is 3.47. The molecular formula is C25H26N4O6. The molecule has 3 heterocycles. The second-order valence-corrected chi connectivity index (χ2v) is 8.14. The summed E-state index contributed by atoms with van der Waals surface area (Å²) in [6.07, 6.45) is -0.0785. The number of fused-ring (bicyclic) bond motifs is 1. The number of carbonyl (C=O) groups excluding carboxylic acids is 1. The molecule has 2 fully saturated rings. The molecular weight excluding hydrogens is 452 g/mol. The molecule has 2 aromatic carbocycles. The van der Waals surface area contributed by atoms with Crippen molar-refractivity contribution in [3.05, 3.63) is 60.8 Å². The molecule has 3 aromatic rings. The Labute approximate surface area is 202 Å². The van der Waals surface area contributed by atoms with Crippen LogP contribution in [-0.4, -0.2) is 67.8 Å². The second-order valence-electron chi connectivity index (χ2n) is 8.14. The van der Waals surface area contributed by atoms with Crippen LogP contribution >= 0.6 is 0 Å². The molecule has 0 saturated carbocycles. The van der Waals surface area contributed by atoms with Crippen LogP contribution in [0.3, 0.4) is 0 Å². The third kappa shape index (κ3) is 5.13. The molecule has 0 unspecified atom stereocenters. The van der Waals surface area contributed by atoms with E-state index < -0.39 is 12.2 Å². The first-order chi connectivity index (χ1) is 17.1. The first-order valence-corrected chi connectivity index (χ1v) is 11.2. The van der Waals surface area contributed by atoms with E-state index in [1.54, 1.807) is 44.7 Å². The summed E-state index contributed by atoms with van der Waals surface area (Å²) in [6.45, 7) is 0.620. The minimum Gasteiger partial charge on any atom is -0.497 e. The number of rotatable bonds is 7. The molecule has 4 atom stereocenters. The first-order valence-electron chi connectivity index (χ1n) is 11.2. The van der Waals surface area contributed by atoms with Crippen LogP contribution in [0.15, 0.2) is 60.8 Å². The summed E-state index contributed by atoms with van der Waals surface area (Å²) in [4.78, 5) is 21.4. The maximum absolute atomic E-state index is 12.4. The largest absolute Gasteiger partial charge is 0.497 e. The van der Waals surface area contributed by atoms with Crippen LogP contribution in [0.5, 0.6) is 11.5 Å². The van der Waals surface area contributed by atoms with Crippen molar-refractivity contribution < 1.29 is 28.5 Å². The van der Waals surface area contributed by atoms with Crippen LogP contribution in [0, 0.1) is 0 Å². The topological polar surface area (TPSA) is 113 Å². The highest BCUT2D eigenvalue weighted by molar-refractivity contribution is 5.85. The summed E-state index contributed by atoms with van der Waals surface area (Å²) in [6, 6.07) is 16.4. The molecule has 1 amide bonds. The van der Waals surface area contributed by atoms with Gasteiger partial charge in [-0.2, -0.15) is 0 Å². The zero-order chi connectivity index (χ0) is 24.2. The number of nitrogens with zero attached hydrogens (tertiary/aromatic N) is 2. The fraction of sp³-hybridized carbons (Fsp3) is 0.320. The molecule has 10 heteroatoms. The van der Waals surface area contributed by atoms with Gasteiger partial charge in [0.05, 0.1) is 39.2 Å². The highest BCUT2D eigenvalue weighted by Crippen LogP contribution is 2.31. The fourth-order valence-electron chi connectivity index (χ4n) is 4.19. The van der Waals surface area contributed by atoms with E-state index in [1.165, 1.54) is 0 Å². The summed E-state index contributed by atoms with van der Waals surface area (Å²) in [5, 5.41) is 6.01. The molecule has 1 aromatic heterocycles. The van der Waals surface area contributed by atoms with Crippen LogP contribution in [-0.2, 0) is 14.2 Å². The van der Waals surface area contributed by atoms with Gasteiger partial charge >= 0.3 is 6.09 Å². The van der Waals surface area contributed by atoms with Crippen molar-refractivity contribution in [2.45, 2.75) is 24.4 Å². The number of benzene rings is 2. The molecule has 2 aliphatic rings. The molecule has 2 N–H and O–H groups in total. The molecule has 10 nitrogen and oxygen atoms in total. The monoisotopic (exact) mass is 478 g/mol. The van der Waals surface area contributed by atoms with Gasteiger partial charge in [0.1, 0.15) is 23.7 Å². The SMILES string of the molecule is COc1ccc(-c2ccnc(N[C@H]3CO[C@H]4[C@@H]3OC[C@H]4OC(=O)Nc3cccc(OC)c3)n2)cc1. The van der Waals surface area contributed by atoms with Crippen LogP contribution < -0.4 is 20.1 Å². The van der Waals surface area contributed by atoms with E-state index in [2.05, 4.69) is 20.6 Å². The van der Waals surface area contributed by atoms with Crippen molar-refractivity contribution in [2.75, 3.05) is 38.1 Å². The van der Waals surface area contributed by atoms with Gasteiger partial charge in [-0.15, -0.1) is 0 Å². The minimum absolute atomic E-state index is 0.179. The lowest BCUT2D eigenvalue weighted by Gasteiger charge is -2.18. The Morgan fingerprint density at radius 2 is 1.77 bits per heavy atom. The molecule has 2 saturated heterocycles. The Morgan fingerprint density at radius 1 is 0.971 bits per heavy atom. The Bertz CT molecular complexity index is 1170. The van der Waals surface area contributed by atoms with Crippen molar-refractivity contribution in [2.24, 2.45) is 0 Å². The molecule has 5 rings (SSSR count). The van der Waals surface area contributed by atoms with Gasteiger partial charge in [-0.3, -0.25) is 5.32 Å². The lowest BCUT2D eigenvalue weighted by molar-refractivity contribution is 0.00917. The molecule has 0 spiro atoms. The number of nitrogens with one attached hydrogen (secondary N) is 2. The third-order valence-electron chi connectivity index (χ3n) is 5.94. The Hall–Kier alpha value is -3.89. The lowest BCUT2D eigenvalue weighted by Crippen LogP contribution is -2.38. The number of methoxy groups -OCH3 is 2. The van der Waals surface area contributed by atoms with Crippen molar-refractivity contribution in [3.63, 3.8) is 0 Å². The van der Waals surface area contributed by atoms with Crippen LogP contribution in [0.4, 0.5) is 16.4 Å². The average molecular weight is 479 g/mol. The molecule has 0 radical (unpaired) electrons. The minimum atomic E-state index is -0.581. The predicted molar refractivity (Wildman–Crippen MR) is 128 cm³/mol. The zero-order valence-electron chi connectivity index (χ0n) is 19.3. The zero-order valence-corrected chi connectivity index (χ0v) is 19.3. The van der Waals surface area contributed by atoms with E-state index >= 15 is 0 Å². The standard InChI is InChI=1S/C25H26N4O6/c1-31-17-8-6-15(7-9-17)19-10-11-26-24(28-19)29-20-13-33-23-21(14-34-22(20)23)35-25(30)27-16-4-3-5-18(12-16)32-2/h3-12,20-23H,13-14H2,1-2H3,(H,27,30)(H,26,28,29)/t20-,21+,22+,23+/m0/s1. The number of anilines is 2. The second kappa shape index (κ2) is 10.2. The lowest BCUT2D eigenvalue weighted by atomic mass is 10.1. The maximum Gasteiger partial charge on any atom is 0.412 e. The van der Waals surface area contributed by atoms with E-state index in [-0.39, 0.29) is 24.9 Å². The van der Waals surface area contributed by atoms with Gasteiger partial charge in [-0.1, -0.05) is 6.07 Å². The van der Waals surface area contributed by atoms with E-state index in [0.717, 1.165) is 17.0 Å². The Morgan fingerprint density at radius 3 is 2.57 bits per heavy atom. The van der Waals surface area contributed by atoms with Gasteiger partial charge in [0.2, 0.25) is 5.95 Å². The van der Waals surface area contributed by atoms with Gasteiger partial charge < -0.3 is 29.0 Å². The quantitative estimate of drug-likeness (QED) is 0.528. The fourth-order valence-corrected chi connectivity index (χ4v) is 4.19. The number of aromatic nitrogens is 2. The number of carbonyl (C=O) groups is 1. The third-order valence-corrected chi connectivity index (χ3v) is 5.94. The van der Waals surface area contributed by atoms with Crippen molar-refractivity contribution >= 4 is 17.7 Å². The van der Waals surface area contributed by atoms with Gasteiger partial charge in [0.25, 0.3) is 0 Å². The van der Waals surface area contributed by atoms with E-state index in [4.69, 9.17) is 23.7 Å². The van der Waals surface area contributed by atoms with Gasteiger partial charge in [-0.25, -0.2) is 14.8 Å². The van der Waals surface area contributed by atoms with E-state index in [1.807, 2.05) is 30.3 Å². The number of hydrogen-bond acceptors (Lipinski definition) is 9. The number of amides is 1. The number of hydrogen-bond donors (Lipinski definition) is 2. The van der Waals surface area contributed by atoms with Crippen LogP contribution in [0.1, 0.15) is 0 Å². The Kier molecular flexibility index (Phi) is 6.64. The van der Waals surface area contributed by atoms with E-state index in [0.29, 0.717) is 24.0 Å². The van der Waals surface area contributed by atoms with E-state index in [9.17, 15) is 4.79 Å². The predicted octanol–water partition coefficient (Wildman–Crippen LogP) is 3.36. The van der Waals surface area contributed by atoms with Crippen LogP contribution in [0.2, 0.25) is 0 Å². The van der Waals surface area contributed by atoms with Gasteiger partial charge in [0.15, 0.2) is 6.10 Å². The molecule has 0 aliphatic carbocycles. The summed E-state index contributed by atoms with van der Waals surface area (Å²) < 4.78 is 27.8. The highest BCUT2D eigenvalue weighted by Gasteiger charge is 2.49.